The standard InChI is InChI=1S/C10H20Cl2N2O2/c11-3-7-14(8-4-12)6-1-9-16-10(15)2-5-13/h1-9,13H2. The van der Waals surface area contributed by atoms with Gasteiger partial charge in [0.15, 0.2) is 0 Å². The lowest BCUT2D eigenvalue weighted by molar-refractivity contribution is -0.143. The summed E-state index contributed by atoms with van der Waals surface area (Å²) in [7, 11) is 0. The first kappa shape index (κ1) is 16.0. The molecule has 0 rings (SSSR count). The van der Waals surface area contributed by atoms with E-state index in [2.05, 4.69) is 4.90 Å². The SMILES string of the molecule is NCCC(=O)OCCCN(CCCl)CCCl. The van der Waals surface area contributed by atoms with Crippen LogP contribution in [0.2, 0.25) is 0 Å². The Morgan fingerprint density at radius 3 is 2.31 bits per heavy atom. The zero-order valence-corrected chi connectivity index (χ0v) is 11.0. The second kappa shape index (κ2) is 11.5. The van der Waals surface area contributed by atoms with Crippen LogP contribution in [0.5, 0.6) is 0 Å². The molecule has 0 atom stereocenters. The van der Waals surface area contributed by atoms with Crippen molar-refractivity contribution in [3.05, 3.63) is 0 Å². The maximum Gasteiger partial charge on any atom is 0.307 e. The third-order valence-electron chi connectivity index (χ3n) is 2.03. The van der Waals surface area contributed by atoms with Gasteiger partial charge >= 0.3 is 5.97 Å². The molecule has 0 aliphatic carbocycles. The van der Waals surface area contributed by atoms with Gasteiger partial charge < -0.3 is 15.4 Å². The van der Waals surface area contributed by atoms with Crippen molar-refractivity contribution in [2.75, 3.05) is 44.5 Å². The average molecular weight is 271 g/mol. The van der Waals surface area contributed by atoms with Crippen LogP contribution < -0.4 is 5.73 Å². The lowest BCUT2D eigenvalue weighted by Gasteiger charge is -2.19. The maximum atomic E-state index is 11.0. The van der Waals surface area contributed by atoms with E-state index in [1.807, 2.05) is 0 Å². The Balaban J connectivity index is 3.49. The molecule has 0 radical (unpaired) electrons. The molecule has 4 nitrogen and oxygen atoms in total. The summed E-state index contributed by atoms with van der Waals surface area (Å²) >= 11 is 11.3. The molecule has 0 spiro atoms. The molecule has 6 heteroatoms. The van der Waals surface area contributed by atoms with Crippen LogP contribution in [-0.2, 0) is 9.53 Å². The fourth-order valence-corrected chi connectivity index (χ4v) is 1.72. The predicted molar refractivity (Wildman–Crippen MR) is 67.1 cm³/mol. The number of alkyl halides is 2. The number of halogens is 2. The Hall–Kier alpha value is -0.0300. The van der Waals surface area contributed by atoms with Crippen LogP contribution in [0.25, 0.3) is 0 Å². The predicted octanol–water partition coefficient (Wildman–Crippen LogP) is 1.05. The molecule has 0 saturated heterocycles. The number of carbonyl (C=O) groups is 1. The number of nitrogens with two attached hydrogens (primary N) is 1. The molecule has 0 aromatic carbocycles. The minimum absolute atomic E-state index is 0.233. The third-order valence-corrected chi connectivity index (χ3v) is 2.37. The fourth-order valence-electron chi connectivity index (χ4n) is 1.24. The fraction of sp³-hybridized carbons (Fsp3) is 0.900. The number of hydrogen-bond acceptors (Lipinski definition) is 4. The van der Waals surface area contributed by atoms with E-state index in [0.29, 0.717) is 24.9 Å². The Labute approximate surface area is 107 Å². The van der Waals surface area contributed by atoms with Crippen molar-refractivity contribution in [1.82, 2.24) is 4.90 Å². The zero-order chi connectivity index (χ0) is 12.2. The first-order valence-corrected chi connectivity index (χ1v) is 6.51. The molecule has 0 aromatic rings. The van der Waals surface area contributed by atoms with E-state index in [-0.39, 0.29) is 12.4 Å². The van der Waals surface area contributed by atoms with Gasteiger partial charge in [0.25, 0.3) is 0 Å². The van der Waals surface area contributed by atoms with Gasteiger partial charge in [-0.15, -0.1) is 23.2 Å². The second-order valence-electron chi connectivity index (χ2n) is 3.33. The van der Waals surface area contributed by atoms with E-state index in [1.165, 1.54) is 0 Å². The van der Waals surface area contributed by atoms with Crippen LogP contribution in [0.3, 0.4) is 0 Å². The molecule has 0 aliphatic heterocycles. The first-order valence-electron chi connectivity index (χ1n) is 5.44. The van der Waals surface area contributed by atoms with Crippen LogP contribution >= 0.6 is 23.2 Å². The van der Waals surface area contributed by atoms with Gasteiger partial charge in [-0.1, -0.05) is 0 Å². The van der Waals surface area contributed by atoms with E-state index >= 15 is 0 Å². The van der Waals surface area contributed by atoms with Crippen molar-refractivity contribution >= 4 is 29.2 Å². The third kappa shape index (κ3) is 9.21. The first-order chi connectivity index (χ1) is 7.74. The Bertz CT molecular complexity index is 176. The second-order valence-corrected chi connectivity index (χ2v) is 4.09. The van der Waals surface area contributed by atoms with Crippen LogP contribution in [0.1, 0.15) is 12.8 Å². The van der Waals surface area contributed by atoms with Crippen LogP contribution in [-0.4, -0.2) is 55.4 Å². The summed E-state index contributed by atoms with van der Waals surface area (Å²) in [6.45, 7) is 3.23. The van der Waals surface area contributed by atoms with Crippen LogP contribution in [0.4, 0.5) is 0 Å². The molecule has 16 heavy (non-hydrogen) atoms. The highest BCUT2D eigenvalue weighted by atomic mass is 35.5. The van der Waals surface area contributed by atoms with E-state index in [9.17, 15) is 4.79 Å². The van der Waals surface area contributed by atoms with E-state index in [4.69, 9.17) is 33.7 Å². The van der Waals surface area contributed by atoms with Gasteiger partial charge in [0.2, 0.25) is 0 Å². The molecular weight excluding hydrogens is 251 g/mol. The number of esters is 1. The molecular formula is C10H20Cl2N2O2. The zero-order valence-electron chi connectivity index (χ0n) is 9.46. The van der Waals surface area contributed by atoms with Crippen molar-refractivity contribution in [3.63, 3.8) is 0 Å². The van der Waals surface area contributed by atoms with E-state index in [0.717, 1.165) is 26.1 Å². The molecule has 0 fully saturated rings. The highest BCUT2D eigenvalue weighted by Crippen LogP contribution is 1.96. The molecule has 2 N–H and O–H groups in total. The summed E-state index contributed by atoms with van der Waals surface area (Å²) in [5.41, 5.74) is 5.22. The summed E-state index contributed by atoms with van der Waals surface area (Å²) in [5.74, 6) is 0.942. The van der Waals surface area contributed by atoms with Gasteiger partial charge in [-0.25, -0.2) is 0 Å². The van der Waals surface area contributed by atoms with Crippen molar-refractivity contribution in [3.8, 4) is 0 Å². The molecule has 0 amide bonds. The molecule has 96 valence electrons. The van der Waals surface area contributed by atoms with Gasteiger partial charge in [0.05, 0.1) is 13.0 Å². The summed E-state index contributed by atoms with van der Waals surface area (Å²) in [6, 6.07) is 0. The molecule has 0 aromatic heterocycles. The Morgan fingerprint density at radius 1 is 1.19 bits per heavy atom. The quantitative estimate of drug-likeness (QED) is 0.366. The topological polar surface area (TPSA) is 55.6 Å². The number of nitrogens with zero attached hydrogens (tertiary/aromatic N) is 1. The number of carbonyl (C=O) groups excluding carboxylic acids is 1. The largest absolute Gasteiger partial charge is 0.466 e. The Kier molecular flexibility index (Phi) is 11.4. The maximum absolute atomic E-state index is 11.0. The smallest absolute Gasteiger partial charge is 0.307 e. The minimum atomic E-state index is -0.233. The van der Waals surface area contributed by atoms with E-state index < -0.39 is 0 Å². The Morgan fingerprint density at radius 2 is 1.81 bits per heavy atom. The molecule has 0 unspecified atom stereocenters. The average Bonchev–Trinajstić information content (AvgIpc) is 2.25. The van der Waals surface area contributed by atoms with Crippen molar-refractivity contribution < 1.29 is 9.53 Å². The lowest BCUT2D eigenvalue weighted by Crippen LogP contribution is -2.29. The number of rotatable bonds is 10. The van der Waals surface area contributed by atoms with Crippen LogP contribution in [0, 0.1) is 0 Å². The van der Waals surface area contributed by atoms with Gasteiger partial charge in [0.1, 0.15) is 0 Å². The van der Waals surface area contributed by atoms with Gasteiger partial charge in [-0.05, 0) is 6.42 Å². The van der Waals surface area contributed by atoms with Gasteiger partial charge in [-0.2, -0.15) is 0 Å². The van der Waals surface area contributed by atoms with Crippen molar-refractivity contribution in [2.24, 2.45) is 5.73 Å². The van der Waals surface area contributed by atoms with Crippen LogP contribution in [0.15, 0.2) is 0 Å². The summed E-state index contributed by atoms with van der Waals surface area (Å²) in [5, 5.41) is 0. The van der Waals surface area contributed by atoms with Crippen molar-refractivity contribution in [2.45, 2.75) is 12.8 Å². The number of ether oxygens (including phenoxy) is 1. The molecule has 0 saturated carbocycles. The molecule has 0 bridgehead atoms. The highest BCUT2D eigenvalue weighted by Gasteiger charge is 2.04. The molecule has 0 heterocycles. The molecule has 0 aliphatic rings. The monoisotopic (exact) mass is 270 g/mol. The van der Waals surface area contributed by atoms with Gasteiger partial charge in [0, 0.05) is 37.9 Å². The number of hydrogen-bond donors (Lipinski definition) is 1. The summed E-state index contributed by atoms with van der Waals surface area (Å²) in [4.78, 5) is 13.1. The van der Waals surface area contributed by atoms with Crippen molar-refractivity contribution in [1.29, 1.82) is 0 Å². The van der Waals surface area contributed by atoms with E-state index in [1.54, 1.807) is 0 Å². The highest BCUT2D eigenvalue weighted by molar-refractivity contribution is 6.18. The summed E-state index contributed by atoms with van der Waals surface area (Å²) in [6.07, 6.45) is 1.08. The lowest BCUT2D eigenvalue weighted by atomic mass is 10.4. The summed E-state index contributed by atoms with van der Waals surface area (Å²) < 4.78 is 4.98. The van der Waals surface area contributed by atoms with Gasteiger partial charge in [-0.3, -0.25) is 4.79 Å². The minimum Gasteiger partial charge on any atom is -0.466 e. The normalized spacial score (nSPS) is 10.8.